The first-order chi connectivity index (χ1) is 8.10. The van der Waals surface area contributed by atoms with Crippen LogP contribution in [-0.4, -0.2) is 24.5 Å². The lowest BCUT2D eigenvalue weighted by atomic mass is 10.1. The van der Waals surface area contributed by atoms with Crippen molar-refractivity contribution >= 4 is 45.0 Å². The molecular formula is C12H16ClN3OS. The number of fused-ring (bicyclic) bond motifs is 1. The Bertz CT molecular complexity index is 568. The van der Waals surface area contributed by atoms with Gasteiger partial charge >= 0.3 is 0 Å². The Morgan fingerprint density at radius 1 is 1.39 bits per heavy atom. The molecule has 0 aliphatic heterocycles. The van der Waals surface area contributed by atoms with Crippen LogP contribution in [0.5, 0.6) is 0 Å². The van der Waals surface area contributed by atoms with Gasteiger partial charge in [0.2, 0.25) is 5.91 Å². The van der Waals surface area contributed by atoms with E-state index in [1.807, 2.05) is 6.92 Å². The van der Waals surface area contributed by atoms with E-state index < -0.39 is 0 Å². The molecule has 0 spiro atoms. The van der Waals surface area contributed by atoms with E-state index in [0.717, 1.165) is 15.8 Å². The molecule has 0 saturated carbocycles. The molecule has 18 heavy (non-hydrogen) atoms. The van der Waals surface area contributed by atoms with Crippen molar-refractivity contribution in [3.8, 4) is 0 Å². The van der Waals surface area contributed by atoms with E-state index >= 15 is 0 Å². The summed E-state index contributed by atoms with van der Waals surface area (Å²) in [5, 5.41) is 6.25. The lowest BCUT2D eigenvalue weighted by molar-refractivity contribution is -0.115. The first-order valence-corrected chi connectivity index (χ1v) is 6.24. The monoisotopic (exact) mass is 285 g/mol. The van der Waals surface area contributed by atoms with Gasteiger partial charge in [-0.15, -0.1) is 12.4 Å². The topological polar surface area (TPSA) is 54.0 Å². The fourth-order valence-corrected chi connectivity index (χ4v) is 2.81. The van der Waals surface area contributed by atoms with Gasteiger partial charge in [0.15, 0.2) is 5.13 Å². The number of carbonyl (C=O) groups excluding carboxylic acids is 1. The lowest BCUT2D eigenvalue weighted by Crippen LogP contribution is -2.24. The summed E-state index contributed by atoms with van der Waals surface area (Å²) >= 11 is 1.51. The highest BCUT2D eigenvalue weighted by molar-refractivity contribution is 7.22. The maximum Gasteiger partial charge on any atom is 0.240 e. The fraction of sp³-hybridized carbons (Fsp3) is 0.333. The normalized spacial score (nSPS) is 10.2. The second-order valence-electron chi connectivity index (χ2n) is 4.03. The van der Waals surface area contributed by atoms with Gasteiger partial charge in [0, 0.05) is 0 Å². The van der Waals surface area contributed by atoms with Crippen LogP contribution < -0.4 is 10.6 Å². The third kappa shape index (κ3) is 3.19. The summed E-state index contributed by atoms with van der Waals surface area (Å²) in [6.45, 7) is 4.40. The standard InChI is InChI=1S/C12H15N3OS.ClH/c1-7-4-8(2)11-9(5-7)17-12(15-11)14-10(16)6-13-3;/h4-5,13H,6H2,1-3H3,(H,14,15,16);1H. The summed E-state index contributed by atoms with van der Waals surface area (Å²) in [5.74, 6) is -0.0686. The molecule has 0 bridgehead atoms. The number of nitrogens with zero attached hydrogens (tertiary/aromatic N) is 1. The molecule has 4 nitrogen and oxygen atoms in total. The minimum absolute atomic E-state index is 0. The first-order valence-electron chi connectivity index (χ1n) is 5.42. The molecule has 2 rings (SSSR count). The molecule has 1 aromatic heterocycles. The third-order valence-electron chi connectivity index (χ3n) is 2.41. The van der Waals surface area contributed by atoms with Crippen LogP contribution in [0.15, 0.2) is 12.1 Å². The lowest BCUT2D eigenvalue weighted by Gasteiger charge is -1.98. The average molecular weight is 286 g/mol. The molecule has 0 unspecified atom stereocenters. The average Bonchev–Trinajstić information content (AvgIpc) is 2.60. The fourth-order valence-electron chi connectivity index (χ4n) is 1.75. The maximum absolute atomic E-state index is 11.4. The Morgan fingerprint density at radius 3 is 2.78 bits per heavy atom. The van der Waals surface area contributed by atoms with E-state index in [1.54, 1.807) is 7.05 Å². The van der Waals surface area contributed by atoms with Crippen LogP contribution in [0.4, 0.5) is 5.13 Å². The van der Waals surface area contributed by atoms with Crippen LogP contribution in [0.2, 0.25) is 0 Å². The quantitative estimate of drug-likeness (QED) is 0.911. The summed E-state index contributed by atoms with van der Waals surface area (Å²) < 4.78 is 1.11. The number of aromatic nitrogens is 1. The number of halogens is 1. The summed E-state index contributed by atoms with van der Waals surface area (Å²) in [6.07, 6.45) is 0. The van der Waals surface area contributed by atoms with Crippen LogP contribution in [0.3, 0.4) is 0 Å². The SMILES string of the molecule is CNCC(=O)Nc1nc2c(C)cc(C)cc2s1.Cl. The van der Waals surface area contributed by atoms with Crippen molar-refractivity contribution in [2.75, 3.05) is 18.9 Å². The molecule has 98 valence electrons. The van der Waals surface area contributed by atoms with Gasteiger partial charge in [0.1, 0.15) is 0 Å². The number of thiazole rings is 1. The number of carbonyl (C=O) groups is 1. The number of amides is 1. The van der Waals surface area contributed by atoms with Gasteiger partial charge in [0.25, 0.3) is 0 Å². The number of anilines is 1. The number of likely N-dealkylation sites (N-methyl/N-ethyl adjacent to an activating group) is 1. The van der Waals surface area contributed by atoms with Crippen LogP contribution >= 0.6 is 23.7 Å². The summed E-state index contributed by atoms with van der Waals surface area (Å²) in [5.41, 5.74) is 3.33. The molecule has 1 aromatic carbocycles. The molecule has 0 fully saturated rings. The largest absolute Gasteiger partial charge is 0.311 e. The molecule has 0 saturated heterocycles. The third-order valence-corrected chi connectivity index (χ3v) is 3.33. The van der Waals surface area contributed by atoms with E-state index in [4.69, 9.17) is 0 Å². The molecule has 0 aliphatic rings. The number of aryl methyl sites for hydroxylation is 2. The molecule has 2 aromatic rings. The molecule has 1 amide bonds. The van der Waals surface area contributed by atoms with E-state index in [1.165, 1.54) is 16.9 Å². The number of nitrogens with one attached hydrogen (secondary N) is 2. The molecule has 6 heteroatoms. The minimum Gasteiger partial charge on any atom is -0.311 e. The van der Waals surface area contributed by atoms with Gasteiger partial charge in [-0.3, -0.25) is 4.79 Å². The minimum atomic E-state index is -0.0686. The van der Waals surface area contributed by atoms with Gasteiger partial charge in [-0.1, -0.05) is 17.4 Å². The van der Waals surface area contributed by atoms with Gasteiger partial charge in [-0.25, -0.2) is 4.98 Å². The van der Waals surface area contributed by atoms with E-state index in [2.05, 4.69) is 34.7 Å². The zero-order valence-corrected chi connectivity index (χ0v) is 12.2. The second kappa shape index (κ2) is 6.13. The van der Waals surface area contributed by atoms with Gasteiger partial charge < -0.3 is 10.6 Å². The van der Waals surface area contributed by atoms with E-state index in [0.29, 0.717) is 11.7 Å². The maximum atomic E-state index is 11.4. The highest BCUT2D eigenvalue weighted by Crippen LogP contribution is 2.29. The Kier molecular flexibility index (Phi) is 5.07. The molecule has 0 atom stereocenters. The predicted molar refractivity (Wildman–Crippen MR) is 78.9 cm³/mol. The molecule has 0 aliphatic carbocycles. The van der Waals surface area contributed by atoms with Crippen molar-refractivity contribution in [2.24, 2.45) is 0 Å². The number of benzene rings is 1. The molecular weight excluding hydrogens is 270 g/mol. The van der Waals surface area contributed by atoms with Gasteiger partial charge in [-0.2, -0.15) is 0 Å². The summed E-state index contributed by atoms with van der Waals surface area (Å²) in [7, 11) is 1.74. The van der Waals surface area contributed by atoms with Crippen molar-refractivity contribution in [1.82, 2.24) is 10.3 Å². The van der Waals surface area contributed by atoms with E-state index in [-0.39, 0.29) is 18.3 Å². The van der Waals surface area contributed by atoms with Crippen molar-refractivity contribution in [3.05, 3.63) is 23.3 Å². The number of hydrogen-bond acceptors (Lipinski definition) is 4. The highest BCUT2D eigenvalue weighted by atomic mass is 35.5. The summed E-state index contributed by atoms with van der Waals surface area (Å²) in [6, 6.07) is 4.19. The Morgan fingerprint density at radius 2 is 2.11 bits per heavy atom. The Labute approximate surface area is 116 Å². The number of hydrogen-bond donors (Lipinski definition) is 2. The predicted octanol–water partition coefficient (Wildman–Crippen LogP) is 2.49. The smallest absolute Gasteiger partial charge is 0.240 e. The Hall–Kier alpha value is -1.17. The van der Waals surface area contributed by atoms with Crippen LogP contribution in [0.25, 0.3) is 10.2 Å². The van der Waals surface area contributed by atoms with Crippen molar-refractivity contribution in [3.63, 3.8) is 0 Å². The molecule has 2 N–H and O–H groups in total. The first kappa shape index (κ1) is 14.9. The highest BCUT2D eigenvalue weighted by Gasteiger charge is 2.09. The van der Waals surface area contributed by atoms with Gasteiger partial charge in [-0.05, 0) is 38.1 Å². The van der Waals surface area contributed by atoms with Gasteiger partial charge in [0.05, 0.1) is 16.8 Å². The Balaban J connectivity index is 0.00000162. The summed E-state index contributed by atoms with van der Waals surface area (Å²) in [4.78, 5) is 15.9. The van der Waals surface area contributed by atoms with E-state index in [9.17, 15) is 4.79 Å². The zero-order chi connectivity index (χ0) is 12.4. The van der Waals surface area contributed by atoms with Crippen LogP contribution in [0, 0.1) is 13.8 Å². The second-order valence-corrected chi connectivity index (χ2v) is 5.06. The van der Waals surface area contributed by atoms with Crippen molar-refractivity contribution < 1.29 is 4.79 Å². The van der Waals surface area contributed by atoms with Crippen LogP contribution in [-0.2, 0) is 4.79 Å². The number of rotatable bonds is 3. The molecule has 0 radical (unpaired) electrons. The molecule has 1 heterocycles. The zero-order valence-electron chi connectivity index (χ0n) is 10.5. The van der Waals surface area contributed by atoms with Crippen molar-refractivity contribution in [2.45, 2.75) is 13.8 Å². The van der Waals surface area contributed by atoms with Crippen LogP contribution in [0.1, 0.15) is 11.1 Å². The van der Waals surface area contributed by atoms with Crippen molar-refractivity contribution in [1.29, 1.82) is 0 Å².